The molecule has 2 aromatic carbocycles. The van der Waals surface area contributed by atoms with Crippen LogP contribution in [0.1, 0.15) is 72.1 Å². The van der Waals surface area contributed by atoms with Gasteiger partial charge in [0.1, 0.15) is 17.6 Å². The van der Waals surface area contributed by atoms with Gasteiger partial charge in [-0.05, 0) is 98.4 Å². The number of imidazole rings is 1. The summed E-state index contributed by atoms with van der Waals surface area (Å²) in [6.07, 6.45) is 0.993. The van der Waals surface area contributed by atoms with Crippen LogP contribution in [0.5, 0.6) is 0 Å². The number of aromatic amines is 1. The van der Waals surface area contributed by atoms with Gasteiger partial charge in [-0.1, -0.05) is 0 Å². The van der Waals surface area contributed by atoms with E-state index in [4.69, 9.17) is 0 Å². The molecule has 9 heteroatoms. The number of halogens is 4. The molecule has 2 saturated carbocycles. The zero-order valence-electron chi connectivity index (χ0n) is 20.0. The van der Waals surface area contributed by atoms with Crippen LogP contribution in [0.2, 0.25) is 0 Å². The molecule has 0 spiro atoms. The van der Waals surface area contributed by atoms with E-state index in [1.807, 2.05) is 6.07 Å². The van der Waals surface area contributed by atoms with Crippen molar-refractivity contribution in [3.63, 3.8) is 0 Å². The quantitative estimate of drug-likeness (QED) is 0.291. The van der Waals surface area contributed by atoms with Crippen molar-refractivity contribution in [1.82, 2.24) is 20.3 Å². The molecule has 0 aliphatic heterocycles. The summed E-state index contributed by atoms with van der Waals surface area (Å²) in [5.41, 5.74) is 2.85. The molecule has 4 aromatic rings. The van der Waals surface area contributed by atoms with Crippen LogP contribution in [-0.4, -0.2) is 33.1 Å². The number of hydrogen-bond donors (Lipinski definition) is 2. The summed E-state index contributed by atoms with van der Waals surface area (Å²) in [7, 11) is 0. The second-order valence-corrected chi connectivity index (χ2v) is 10.3. The summed E-state index contributed by atoms with van der Waals surface area (Å²) in [6, 6.07) is 11.2. The first-order chi connectivity index (χ1) is 17.8. The fourth-order valence-electron chi connectivity index (χ4n) is 5.72. The highest BCUT2D eigenvalue weighted by molar-refractivity contribution is 5.97. The van der Waals surface area contributed by atoms with Crippen LogP contribution in [0.3, 0.4) is 0 Å². The van der Waals surface area contributed by atoms with Gasteiger partial charge in [-0.25, -0.2) is 9.37 Å². The Morgan fingerprint density at radius 1 is 0.973 bits per heavy atom. The van der Waals surface area contributed by atoms with Crippen molar-refractivity contribution < 1.29 is 22.4 Å². The van der Waals surface area contributed by atoms with Gasteiger partial charge >= 0.3 is 6.18 Å². The van der Waals surface area contributed by atoms with Gasteiger partial charge in [0, 0.05) is 23.2 Å². The zero-order chi connectivity index (χ0) is 25.7. The fraction of sp³-hybridized carbons (Fsp3) is 0.393. The number of H-pyrrole nitrogens is 1. The van der Waals surface area contributed by atoms with Crippen LogP contribution in [0.25, 0.3) is 21.9 Å². The van der Waals surface area contributed by atoms with Crippen LogP contribution in [0.15, 0.2) is 48.7 Å². The number of fused-ring (bicyclic) bond motifs is 2. The summed E-state index contributed by atoms with van der Waals surface area (Å²) in [6.45, 7) is 0. The van der Waals surface area contributed by atoms with E-state index in [0.29, 0.717) is 47.8 Å². The van der Waals surface area contributed by atoms with Crippen LogP contribution >= 0.6 is 0 Å². The Kier molecular flexibility index (Phi) is 5.88. The van der Waals surface area contributed by atoms with Crippen molar-refractivity contribution in [3.05, 3.63) is 71.4 Å². The third kappa shape index (κ3) is 4.79. The highest BCUT2D eigenvalue weighted by Crippen LogP contribution is 2.48. The lowest BCUT2D eigenvalue weighted by Crippen LogP contribution is -2.31. The average molecular weight is 511 g/mol. The number of alkyl halides is 3. The lowest BCUT2D eigenvalue weighted by atomic mass is 9.73. The summed E-state index contributed by atoms with van der Waals surface area (Å²) in [4.78, 5) is 23.9. The van der Waals surface area contributed by atoms with Crippen molar-refractivity contribution in [2.24, 2.45) is 5.92 Å². The molecule has 1 atom stereocenters. The normalized spacial score (nSPS) is 21.3. The molecule has 0 radical (unpaired) electrons. The van der Waals surface area contributed by atoms with E-state index in [9.17, 15) is 22.4 Å². The second kappa shape index (κ2) is 9.11. The number of benzene rings is 2. The Balaban J connectivity index is 1.24. The lowest BCUT2D eigenvalue weighted by Gasteiger charge is -2.34. The number of rotatable bonds is 5. The maximum absolute atomic E-state index is 14.4. The summed E-state index contributed by atoms with van der Waals surface area (Å²) in [5, 5.41) is 3.61. The molecule has 2 fully saturated rings. The number of carbonyl (C=O) groups is 1. The lowest BCUT2D eigenvalue weighted by molar-refractivity contribution is -0.166. The van der Waals surface area contributed by atoms with E-state index >= 15 is 0 Å². The third-order valence-electron chi connectivity index (χ3n) is 7.74. The zero-order valence-corrected chi connectivity index (χ0v) is 20.0. The minimum atomic E-state index is -4.47. The largest absolute Gasteiger partial charge is 0.399 e. The van der Waals surface area contributed by atoms with Crippen LogP contribution in [0, 0.1) is 11.7 Å². The molecular weight excluding hydrogens is 484 g/mol. The van der Waals surface area contributed by atoms with Crippen molar-refractivity contribution in [2.45, 2.75) is 62.6 Å². The van der Waals surface area contributed by atoms with E-state index in [1.54, 1.807) is 30.5 Å². The predicted octanol–water partition coefficient (Wildman–Crippen LogP) is 6.76. The standard InChI is InChI=1S/C28H26F4N4O/c29-18-6-10-22-21(14-18)20(11-12-33-22)15-1-3-16(4-2-15)25(28(30,31)32)26-35-23-9-5-17(13-24(23)36-26)27(37)34-19-7-8-19/h5-6,9-16,19,25H,1-4,7-8H2,(H,34,37)(H,35,36). The van der Waals surface area contributed by atoms with Gasteiger partial charge < -0.3 is 10.3 Å². The molecule has 0 bridgehead atoms. The van der Waals surface area contributed by atoms with Gasteiger partial charge in [-0.3, -0.25) is 9.78 Å². The molecule has 1 unspecified atom stereocenters. The molecule has 37 heavy (non-hydrogen) atoms. The van der Waals surface area contributed by atoms with Crippen molar-refractivity contribution in [1.29, 1.82) is 0 Å². The smallest absolute Gasteiger partial charge is 0.349 e. The summed E-state index contributed by atoms with van der Waals surface area (Å²) < 4.78 is 57.0. The molecule has 1 amide bonds. The van der Waals surface area contributed by atoms with Gasteiger partial charge in [-0.15, -0.1) is 0 Å². The first-order valence-electron chi connectivity index (χ1n) is 12.7. The molecule has 2 N–H and O–H groups in total. The van der Waals surface area contributed by atoms with Gasteiger partial charge in [-0.2, -0.15) is 13.2 Å². The third-order valence-corrected chi connectivity index (χ3v) is 7.74. The summed E-state index contributed by atoms with van der Waals surface area (Å²) >= 11 is 0. The van der Waals surface area contributed by atoms with Crippen LogP contribution in [-0.2, 0) is 0 Å². The Labute approximate surface area is 210 Å². The number of carbonyl (C=O) groups excluding carboxylic acids is 1. The highest BCUT2D eigenvalue weighted by Gasteiger charge is 2.48. The average Bonchev–Trinajstić information content (AvgIpc) is 3.59. The first-order valence-corrected chi connectivity index (χ1v) is 12.7. The molecule has 192 valence electrons. The number of nitrogens with one attached hydrogen (secondary N) is 2. The maximum Gasteiger partial charge on any atom is 0.399 e. The van der Waals surface area contributed by atoms with E-state index in [2.05, 4.69) is 20.3 Å². The van der Waals surface area contributed by atoms with Crippen molar-refractivity contribution >= 4 is 27.8 Å². The van der Waals surface area contributed by atoms with E-state index < -0.39 is 18.0 Å². The number of pyridine rings is 1. The predicted molar refractivity (Wildman–Crippen MR) is 132 cm³/mol. The Morgan fingerprint density at radius 3 is 2.46 bits per heavy atom. The molecule has 0 saturated heterocycles. The van der Waals surface area contributed by atoms with E-state index in [0.717, 1.165) is 23.8 Å². The number of nitrogens with zero attached hydrogens (tertiary/aromatic N) is 2. The molecule has 6 rings (SSSR count). The minimum Gasteiger partial charge on any atom is -0.349 e. The van der Waals surface area contributed by atoms with E-state index in [-0.39, 0.29) is 29.5 Å². The molecule has 5 nitrogen and oxygen atoms in total. The van der Waals surface area contributed by atoms with Crippen molar-refractivity contribution in [2.75, 3.05) is 0 Å². The van der Waals surface area contributed by atoms with Crippen LogP contribution < -0.4 is 5.32 Å². The SMILES string of the molecule is O=C(NC1CC1)c1ccc2nc(C(C3CCC(c4ccnc5ccc(F)cc45)CC3)C(F)(F)F)[nH]c2c1. The van der Waals surface area contributed by atoms with Gasteiger partial charge in [0.2, 0.25) is 0 Å². The molecule has 2 aliphatic carbocycles. The Bertz CT molecular complexity index is 1470. The van der Waals surface area contributed by atoms with Crippen molar-refractivity contribution in [3.8, 4) is 0 Å². The number of aromatic nitrogens is 3. The molecule has 2 heterocycles. The number of hydrogen-bond acceptors (Lipinski definition) is 3. The Hall–Kier alpha value is -3.49. The van der Waals surface area contributed by atoms with Gasteiger partial charge in [0.25, 0.3) is 5.91 Å². The second-order valence-electron chi connectivity index (χ2n) is 10.3. The van der Waals surface area contributed by atoms with Crippen LogP contribution in [0.4, 0.5) is 17.6 Å². The topological polar surface area (TPSA) is 70.7 Å². The molecular formula is C28H26F4N4O. The minimum absolute atomic E-state index is 0.0423. The first kappa shape index (κ1) is 23.9. The summed E-state index contributed by atoms with van der Waals surface area (Å²) in [5.74, 6) is -3.00. The maximum atomic E-state index is 14.4. The highest BCUT2D eigenvalue weighted by atomic mass is 19.4. The fourth-order valence-corrected chi connectivity index (χ4v) is 5.72. The monoisotopic (exact) mass is 510 g/mol. The molecule has 2 aromatic heterocycles. The Morgan fingerprint density at radius 2 is 1.73 bits per heavy atom. The van der Waals surface area contributed by atoms with Gasteiger partial charge in [0.05, 0.1) is 16.6 Å². The molecule has 2 aliphatic rings. The van der Waals surface area contributed by atoms with E-state index in [1.165, 1.54) is 12.1 Å². The van der Waals surface area contributed by atoms with Gasteiger partial charge in [0.15, 0.2) is 0 Å². The number of amides is 1.